The van der Waals surface area contributed by atoms with Gasteiger partial charge in [-0.2, -0.15) is 0 Å². The van der Waals surface area contributed by atoms with Gasteiger partial charge in [0.1, 0.15) is 6.04 Å². The highest BCUT2D eigenvalue weighted by atomic mass is 35.5. The van der Waals surface area contributed by atoms with Gasteiger partial charge in [-0.1, -0.05) is 103 Å². The van der Waals surface area contributed by atoms with Gasteiger partial charge in [-0.25, -0.2) is 0 Å². The van der Waals surface area contributed by atoms with Crippen molar-refractivity contribution in [2.45, 2.75) is 63.6 Å². The molecule has 7 heteroatoms. The Morgan fingerprint density at radius 2 is 1.49 bits per heavy atom. The van der Waals surface area contributed by atoms with Crippen LogP contribution in [0.2, 0.25) is 15.1 Å². The van der Waals surface area contributed by atoms with E-state index in [-0.39, 0.29) is 30.8 Å². The van der Waals surface area contributed by atoms with Crippen LogP contribution in [0.15, 0.2) is 72.8 Å². The largest absolute Gasteiger partial charge is 0.352 e. The van der Waals surface area contributed by atoms with Gasteiger partial charge in [0.15, 0.2) is 0 Å². The lowest BCUT2D eigenvalue weighted by molar-refractivity contribution is -0.141. The van der Waals surface area contributed by atoms with E-state index in [1.54, 1.807) is 35.2 Å². The summed E-state index contributed by atoms with van der Waals surface area (Å²) < 4.78 is 0. The maximum atomic E-state index is 13.9. The summed E-state index contributed by atoms with van der Waals surface area (Å²) in [6.45, 7) is 0.119. The number of carbonyl (C=O) groups excluding carboxylic acids is 2. The Morgan fingerprint density at radius 3 is 2.16 bits per heavy atom. The number of rotatable bonds is 9. The van der Waals surface area contributed by atoms with Gasteiger partial charge < -0.3 is 10.2 Å². The SMILES string of the molecule is O=C(NC1CCCCC1)[C@@H](Cc1ccccc1)N(Cc1c(Cl)cccc1Cl)C(=O)Cc1cccc(Cl)c1. The molecule has 0 unspecified atom stereocenters. The highest BCUT2D eigenvalue weighted by Crippen LogP contribution is 2.28. The van der Waals surface area contributed by atoms with Crippen LogP contribution in [-0.4, -0.2) is 28.8 Å². The smallest absolute Gasteiger partial charge is 0.243 e. The van der Waals surface area contributed by atoms with Crippen LogP contribution in [0.1, 0.15) is 48.8 Å². The van der Waals surface area contributed by atoms with Crippen LogP contribution < -0.4 is 5.32 Å². The van der Waals surface area contributed by atoms with Crippen molar-refractivity contribution in [2.24, 2.45) is 0 Å². The minimum Gasteiger partial charge on any atom is -0.352 e. The predicted octanol–water partition coefficient (Wildman–Crippen LogP) is 7.28. The van der Waals surface area contributed by atoms with Crippen molar-refractivity contribution in [3.63, 3.8) is 0 Å². The Hall–Kier alpha value is -2.53. The molecule has 194 valence electrons. The number of benzene rings is 3. The zero-order valence-corrected chi connectivity index (χ0v) is 22.9. The van der Waals surface area contributed by atoms with Gasteiger partial charge >= 0.3 is 0 Å². The van der Waals surface area contributed by atoms with Crippen LogP contribution in [0.3, 0.4) is 0 Å². The minimum absolute atomic E-state index is 0.102. The van der Waals surface area contributed by atoms with E-state index in [9.17, 15) is 9.59 Å². The molecule has 3 aromatic carbocycles. The first-order chi connectivity index (χ1) is 17.9. The maximum absolute atomic E-state index is 13.9. The number of hydrogen-bond donors (Lipinski definition) is 1. The standard InChI is InChI=1S/C30H31Cl3N2O2/c31-23-12-7-11-22(17-23)19-29(36)35(20-25-26(32)15-8-16-27(25)33)28(18-21-9-3-1-4-10-21)30(37)34-24-13-5-2-6-14-24/h1,3-4,7-12,15-17,24,28H,2,5-6,13-14,18-20H2,(H,34,37)/t28-/m1/s1. The second-order valence-corrected chi connectivity index (χ2v) is 10.8. The molecule has 1 saturated carbocycles. The molecule has 1 atom stereocenters. The van der Waals surface area contributed by atoms with Gasteiger partial charge in [0.25, 0.3) is 0 Å². The number of halogens is 3. The topological polar surface area (TPSA) is 49.4 Å². The van der Waals surface area contributed by atoms with Crippen LogP contribution in [-0.2, 0) is 29.0 Å². The van der Waals surface area contributed by atoms with E-state index in [1.807, 2.05) is 42.5 Å². The fraction of sp³-hybridized carbons (Fsp3) is 0.333. The fourth-order valence-electron chi connectivity index (χ4n) is 4.88. The highest BCUT2D eigenvalue weighted by molar-refractivity contribution is 6.36. The first kappa shape index (κ1) is 27.5. The summed E-state index contributed by atoms with van der Waals surface area (Å²) in [7, 11) is 0. The molecule has 0 radical (unpaired) electrons. The van der Waals surface area contributed by atoms with Gasteiger partial charge in [0.05, 0.1) is 6.42 Å². The van der Waals surface area contributed by atoms with Crippen molar-refractivity contribution in [1.29, 1.82) is 0 Å². The highest BCUT2D eigenvalue weighted by Gasteiger charge is 2.32. The molecule has 0 bridgehead atoms. The fourth-order valence-corrected chi connectivity index (χ4v) is 5.60. The lowest BCUT2D eigenvalue weighted by Crippen LogP contribution is -2.53. The summed E-state index contributed by atoms with van der Waals surface area (Å²) in [6, 6.07) is 21.6. The first-order valence-corrected chi connectivity index (χ1v) is 13.8. The van der Waals surface area contributed by atoms with E-state index in [0.29, 0.717) is 27.1 Å². The zero-order valence-electron chi connectivity index (χ0n) is 20.6. The summed E-state index contributed by atoms with van der Waals surface area (Å²) in [4.78, 5) is 29.4. The van der Waals surface area contributed by atoms with Crippen molar-refractivity contribution < 1.29 is 9.59 Å². The summed E-state index contributed by atoms with van der Waals surface area (Å²) in [6.07, 6.45) is 5.78. The molecular weight excluding hydrogens is 527 g/mol. The molecule has 4 nitrogen and oxygen atoms in total. The molecule has 0 saturated heterocycles. The van der Waals surface area contributed by atoms with Crippen molar-refractivity contribution in [1.82, 2.24) is 10.2 Å². The molecule has 0 heterocycles. The Labute approximate surface area is 233 Å². The molecule has 1 aliphatic carbocycles. The van der Waals surface area contributed by atoms with Crippen LogP contribution in [0.5, 0.6) is 0 Å². The number of carbonyl (C=O) groups is 2. The zero-order chi connectivity index (χ0) is 26.2. The molecular formula is C30H31Cl3N2O2. The van der Waals surface area contributed by atoms with E-state index >= 15 is 0 Å². The Kier molecular flexibility index (Phi) is 9.90. The summed E-state index contributed by atoms with van der Waals surface area (Å²) >= 11 is 19.2. The lowest BCUT2D eigenvalue weighted by Gasteiger charge is -2.34. The molecule has 0 aromatic heterocycles. The lowest BCUT2D eigenvalue weighted by atomic mass is 9.94. The normalized spacial score (nSPS) is 14.7. The number of nitrogens with one attached hydrogen (secondary N) is 1. The maximum Gasteiger partial charge on any atom is 0.243 e. The molecule has 1 aliphatic rings. The molecule has 0 aliphatic heterocycles. The van der Waals surface area contributed by atoms with E-state index in [4.69, 9.17) is 34.8 Å². The average molecular weight is 558 g/mol. The van der Waals surface area contributed by atoms with Crippen LogP contribution in [0.25, 0.3) is 0 Å². The third kappa shape index (κ3) is 7.73. The van der Waals surface area contributed by atoms with Crippen molar-refractivity contribution in [3.8, 4) is 0 Å². The van der Waals surface area contributed by atoms with E-state index < -0.39 is 6.04 Å². The molecule has 1 N–H and O–H groups in total. The van der Waals surface area contributed by atoms with E-state index in [1.165, 1.54) is 6.42 Å². The number of amides is 2. The van der Waals surface area contributed by atoms with Crippen molar-refractivity contribution in [3.05, 3.63) is 105 Å². The quantitative estimate of drug-likeness (QED) is 0.301. The van der Waals surface area contributed by atoms with Gasteiger partial charge in [-0.15, -0.1) is 0 Å². The summed E-state index contributed by atoms with van der Waals surface area (Å²) in [5, 5.41) is 4.72. The third-order valence-corrected chi connectivity index (χ3v) is 7.80. The monoisotopic (exact) mass is 556 g/mol. The van der Waals surface area contributed by atoms with Crippen molar-refractivity contribution >= 4 is 46.6 Å². The molecule has 2 amide bonds. The predicted molar refractivity (Wildman–Crippen MR) is 151 cm³/mol. The molecule has 3 aromatic rings. The van der Waals surface area contributed by atoms with Crippen LogP contribution in [0.4, 0.5) is 0 Å². The molecule has 4 rings (SSSR count). The van der Waals surface area contributed by atoms with Crippen LogP contribution in [0, 0.1) is 0 Å². The molecule has 1 fully saturated rings. The summed E-state index contributed by atoms with van der Waals surface area (Å²) in [5.41, 5.74) is 2.37. The van der Waals surface area contributed by atoms with E-state index in [2.05, 4.69) is 5.32 Å². The minimum atomic E-state index is -0.733. The molecule has 0 spiro atoms. The number of hydrogen-bond acceptors (Lipinski definition) is 2. The number of nitrogens with zero attached hydrogens (tertiary/aromatic N) is 1. The molecule has 37 heavy (non-hydrogen) atoms. The van der Waals surface area contributed by atoms with Gasteiger partial charge in [-0.05, 0) is 48.2 Å². The Balaban J connectivity index is 1.69. The summed E-state index contributed by atoms with van der Waals surface area (Å²) in [5.74, 6) is -0.351. The Morgan fingerprint density at radius 1 is 0.838 bits per heavy atom. The van der Waals surface area contributed by atoms with Crippen molar-refractivity contribution in [2.75, 3.05) is 0 Å². The third-order valence-electron chi connectivity index (χ3n) is 6.86. The average Bonchev–Trinajstić information content (AvgIpc) is 2.88. The second-order valence-electron chi connectivity index (χ2n) is 9.58. The van der Waals surface area contributed by atoms with Gasteiger partial charge in [0.2, 0.25) is 11.8 Å². The second kappa shape index (κ2) is 13.3. The van der Waals surface area contributed by atoms with Crippen LogP contribution >= 0.6 is 34.8 Å². The first-order valence-electron chi connectivity index (χ1n) is 12.7. The van der Waals surface area contributed by atoms with Gasteiger partial charge in [-0.3, -0.25) is 9.59 Å². The van der Waals surface area contributed by atoms with Gasteiger partial charge in [0, 0.05) is 39.6 Å². The van der Waals surface area contributed by atoms with E-state index in [0.717, 1.165) is 36.8 Å². The Bertz CT molecular complexity index is 1190.